The molecule has 0 saturated carbocycles. The second kappa shape index (κ2) is 8.13. The van der Waals surface area contributed by atoms with Crippen LogP contribution in [0.2, 0.25) is 0 Å². The van der Waals surface area contributed by atoms with E-state index in [1.165, 1.54) is 12.0 Å². The highest BCUT2D eigenvalue weighted by Crippen LogP contribution is 2.21. The first kappa shape index (κ1) is 14.0. The summed E-state index contributed by atoms with van der Waals surface area (Å²) in [7, 11) is 0. The highest BCUT2D eigenvalue weighted by atomic mass is 16.5. The van der Waals surface area contributed by atoms with Gasteiger partial charge < -0.3 is 9.47 Å². The van der Waals surface area contributed by atoms with E-state index in [9.17, 15) is 0 Å². The monoisotopic (exact) mass is 236 g/mol. The van der Waals surface area contributed by atoms with E-state index in [1.807, 2.05) is 12.1 Å². The summed E-state index contributed by atoms with van der Waals surface area (Å²) in [6.07, 6.45) is 2.23. The van der Waals surface area contributed by atoms with Crippen LogP contribution in [-0.2, 0) is 4.74 Å². The van der Waals surface area contributed by atoms with Gasteiger partial charge in [-0.3, -0.25) is 0 Å². The van der Waals surface area contributed by atoms with Crippen LogP contribution in [0.1, 0.15) is 45.1 Å². The van der Waals surface area contributed by atoms with Crippen molar-refractivity contribution < 1.29 is 9.47 Å². The Morgan fingerprint density at radius 3 is 2.29 bits per heavy atom. The van der Waals surface area contributed by atoms with Gasteiger partial charge in [0.2, 0.25) is 0 Å². The van der Waals surface area contributed by atoms with Crippen molar-refractivity contribution in [2.75, 3.05) is 19.8 Å². The van der Waals surface area contributed by atoms with Crippen molar-refractivity contribution in [3.63, 3.8) is 0 Å². The van der Waals surface area contributed by atoms with Crippen molar-refractivity contribution in [3.05, 3.63) is 29.8 Å². The van der Waals surface area contributed by atoms with Crippen LogP contribution < -0.4 is 4.74 Å². The SMILES string of the molecule is CCCOCCOc1ccc(C(C)CC)cc1. The first-order valence-electron chi connectivity index (χ1n) is 6.58. The van der Waals surface area contributed by atoms with Crippen LogP contribution in [-0.4, -0.2) is 19.8 Å². The van der Waals surface area contributed by atoms with Gasteiger partial charge in [-0.2, -0.15) is 0 Å². The molecule has 96 valence electrons. The average Bonchev–Trinajstić information content (AvgIpc) is 2.38. The zero-order chi connectivity index (χ0) is 12.5. The van der Waals surface area contributed by atoms with E-state index in [4.69, 9.17) is 9.47 Å². The Morgan fingerprint density at radius 2 is 1.71 bits per heavy atom. The smallest absolute Gasteiger partial charge is 0.119 e. The molecule has 1 rings (SSSR count). The molecular formula is C15H24O2. The number of hydrogen-bond donors (Lipinski definition) is 0. The molecular weight excluding hydrogens is 212 g/mol. The summed E-state index contributed by atoms with van der Waals surface area (Å²) in [5, 5.41) is 0. The standard InChI is InChI=1S/C15H24O2/c1-4-10-16-11-12-17-15-8-6-14(7-9-15)13(3)5-2/h6-9,13H,4-5,10-12H2,1-3H3. The highest BCUT2D eigenvalue weighted by molar-refractivity contribution is 5.29. The Morgan fingerprint density at radius 1 is 1.00 bits per heavy atom. The zero-order valence-corrected chi connectivity index (χ0v) is 11.2. The molecule has 0 radical (unpaired) electrons. The largest absolute Gasteiger partial charge is 0.491 e. The van der Waals surface area contributed by atoms with E-state index >= 15 is 0 Å². The van der Waals surface area contributed by atoms with Crippen molar-refractivity contribution in [1.29, 1.82) is 0 Å². The lowest BCUT2D eigenvalue weighted by molar-refractivity contribution is 0.101. The van der Waals surface area contributed by atoms with Gasteiger partial charge in [-0.1, -0.05) is 32.9 Å². The molecule has 0 aliphatic heterocycles. The lowest BCUT2D eigenvalue weighted by Gasteiger charge is -2.10. The van der Waals surface area contributed by atoms with Gasteiger partial charge in [-0.15, -0.1) is 0 Å². The molecule has 0 bridgehead atoms. The van der Waals surface area contributed by atoms with Crippen molar-refractivity contribution in [2.24, 2.45) is 0 Å². The summed E-state index contributed by atoms with van der Waals surface area (Å²) in [6, 6.07) is 8.38. The normalized spacial score (nSPS) is 12.4. The fraction of sp³-hybridized carbons (Fsp3) is 0.600. The molecule has 0 amide bonds. The minimum atomic E-state index is 0.622. The summed E-state index contributed by atoms with van der Waals surface area (Å²) < 4.78 is 11.0. The maximum absolute atomic E-state index is 5.60. The van der Waals surface area contributed by atoms with E-state index in [0.29, 0.717) is 19.1 Å². The Balaban J connectivity index is 2.30. The molecule has 1 unspecified atom stereocenters. The van der Waals surface area contributed by atoms with Crippen LogP contribution in [0.3, 0.4) is 0 Å². The van der Waals surface area contributed by atoms with Gasteiger partial charge in [0.1, 0.15) is 12.4 Å². The van der Waals surface area contributed by atoms with E-state index in [1.54, 1.807) is 0 Å². The third-order valence-corrected chi connectivity index (χ3v) is 2.91. The molecule has 1 atom stereocenters. The fourth-order valence-electron chi connectivity index (χ4n) is 1.59. The van der Waals surface area contributed by atoms with E-state index < -0.39 is 0 Å². The third kappa shape index (κ3) is 5.22. The van der Waals surface area contributed by atoms with E-state index in [0.717, 1.165) is 18.8 Å². The molecule has 1 aromatic carbocycles. The quantitative estimate of drug-likeness (QED) is 0.635. The number of benzene rings is 1. The van der Waals surface area contributed by atoms with Gasteiger partial charge in [-0.05, 0) is 36.5 Å². The van der Waals surface area contributed by atoms with Gasteiger partial charge in [0.25, 0.3) is 0 Å². The average molecular weight is 236 g/mol. The molecule has 1 aromatic rings. The van der Waals surface area contributed by atoms with E-state index in [-0.39, 0.29) is 0 Å². The molecule has 0 N–H and O–H groups in total. The van der Waals surface area contributed by atoms with Crippen LogP contribution in [0.15, 0.2) is 24.3 Å². The molecule has 2 nitrogen and oxygen atoms in total. The van der Waals surface area contributed by atoms with Crippen molar-refractivity contribution in [3.8, 4) is 5.75 Å². The van der Waals surface area contributed by atoms with Crippen LogP contribution in [0.5, 0.6) is 5.75 Å². The lowest BCUT2D eigenvalue weighted by Crippen LogP contribution is -2.07. The second-order valence-electron chi connectivity index (χ2n) is 4.34. The number of ether oxygens (including phenoxy) is 2. The van der Waals surface area contributed by atoms with Gasteiger partial charge in [0.05, 0.1) is 6.61 Å². The first-order chi connectivity index (χ1) is 8.27. The summed E-state index contributed by atoms with van der Waals surface area (Å²) in [5.41, 5.74) is 1.38. The Labute approximate surface area is 105 Å². The molecule has 0 aromatic heterocycles. The zero-order valence-electron chi connectivity index (χ0n) is 11.2. The highest BCUT2D eigenvalue weighted by Gasteiger charge is 2.02. The van der Waals surface area contributed by atoms with Crippen LogP contribution in [0.4, 0.5) is 0 Å². The molecule has 0 aliphatic rings. The summed E-state index contributed by atoms with van der Waals surface area (Å²) >= 11 is 0. The molecule has 0 saturated heterocycles. The molecule has 0 spiro atoms. The number of rotatable bonds is 8. The van der Waals surface area contributed by atoms with Crippen LogP contribution in [0, 0.1) is 0 Å². The summed E-state index contributed by atoms with van der Waals surface area (Å²) in [5.74, 6) is 1.55. The van der Waals surface area contributed by atoms with Crippen molar-refractivity contribution in [2.45, 2.75) is 39.5 Å². The van der Waals surface area contributed by atoms with Gasteiger partial charge >= 0.3 is 0 Å². The van der Waals surface area contributed by atoms with E-state index in [2.05, 4.69) is 32.9 Å². The lowest BCUT2D eigenvalue weighted by atomic mass is 9.99. The summed E-state index contributed by atoms with van der Waals surface area (Å²) in [6.45, 7) is 8.67. The minimum Gasteiger partial charge on any atom is -0.491 e. The molecule has 0 fully saturated rings. The van der Waals surface area contributed by atoms with Gasteiger partial charge in [0, 0.05) is 6.61 Å². The maximum atomic E-state index is 5.60. The van der Waals surface area contributed by atoms with Crippen LogP contribution in [0.25, 0.3) is 0 Å². The molecule has 2 heteroatoms. The second-order valence-corrected chi connectivity index (χ2v) is 4.34. The third-order valence-electron chi connectivity index (χ3n) is 2.91. The fourth-order valence-corrected chi connectivity index (χ4v) is 1.59. The van der Waals surface area contributed by atoms with Gasteiger partial charge in [0.15, 0.2) is 0 Å². The predicted molar refractivity (Wildman–Crippen MR) is 71.8 cm³/mol. The van der Waals surface area contributed by atoms with Crippen molar-refractivity contribution >= 4 is 0 Å². The molecule has 0 aliphatic carbocycles. The Hall–Kier alpha value is -1.02. The maximum Gasteiger partial charge on any atom is 0.119 e. The molecule has 17 heavy (non-hydrogen) atoms. The van der Waals surface area contributed by atoms with Crippen molar-refractivity contribution in [1.82, 2.24) is 0 Å². The predicted octanol–water partition coefficient (Wildman–Crippen LogP) is 4.01. The Bertz CT molecular complexity index is 292. The van der Waals surface area contributed by atoms with Gasteiger partial charge in [-0.25, -0.2) is 0 Å². The van der Waals surface area contributed by atoms with Crippen LogP contribution >= 0.6 is 0 Å². The topological polar surface area (TPSA) is 18.5 Å². The molecule has 0 heterocycles. The number of hydrogen-bond acceptors (Lipinski definition) is 2. The first-order valence-corrected chi connectivity index (χ1v) is 6.58. The summed E-state index contributed by atoms with van der Waals surface area (Å²) in [4.78, 5) is 0. The Kier molecular flexibility index (Phi) is 6.71. The minimum absolute atomic E-state index is 0.622.